The van der Waals surface area contributed by atoms with Crippen molar-refractivity contribution in [1.29, 1.82) is 0 Å². The molecule has 0 aliphatic heterocycles. The molecule has 0 radical (unpaired) electrons. The number of benzene rings is 1. The standard InChI is InChI=1S/C12H13NO3/c1-7(2)15-12(14)11-5-8-3-4-9(13)6-10(8)16-11/h3-7H,13H2,1-2H3. The molecule has 0 bridgehead atoms. The lowest BCUT2D eigenvalue weighted by Crippen LogP contribution is -2.10. The predicted octanol–water partition coefficient (Wildman–Crippen LogP) is 2.58. The van der Waals surface area contributed by atoms with Crippen molar-refractivity contribution in [3.8, 4) is 0 Å². The van der Waals surface area contributed by atoms with Crippen molar-refractivity contribution in [3.63, 3.8) is 0 Å². The van der Waals surface area contributed by atoms with Gasteiger partial charge in [0, 0.05) is 17.1 Å². The monoisotopic (exact) mass is 219 g/mol. The highest BCUT2D eigenvalue weighted by Crippen LogP contribution is 2.22. The number of carbonyl (C=O) groups is 1. The largest absolute Gasteiger partial charge is 0.457 e. The second kappa shape index (κ2) is 3.89. The summed E-state index contributed by atoms with van der Waals surface area (Å²) < 4.78 is 10.4. The van der Waals surface area contributed by atoms with Crippen LogP contribution in [0.1, 0.15) is 24.4 Å². The molecule has 0 aliphatic carbocycles. The first-order valence-corrected chi connectivity index (χ1v) is 5.06. The lowest BCUT2D eigenvalue weighted by molar-refractivity contribution is 0.0344. The van der Waals surface area contributed by atoms with E-state index in [2.05, 4.69) is 0 Å². The van der Waals surface area contributed by atoms with Gasteiger partial charge < -0.3 is 14.9 Å². The van der Waals surface area contributed by atoms with Crippen molar-refractivity contribution in [1.82, 2.24) is 0 Å². The Morgan fingerprint density at radius 2 is 2.12 bits per heavy atom. The molecular weight excluding hydrogens is 206 g/mol. The van der Waals surface area contributed by atoms with Crippen LogP contribution in [0.15, 0.2) is 28.7 Å². The highest BCUT2D eigenvalue weighted by atomic mass is 16.6. The van der Waals surface area contributed by atoms with Crippen molar-refractivity contribution < 1.29 is 13.9 Å². The Kier molecular flexibility index (Phi) is 2.56. The maximum Gasteiger partial charge on any atom is 0.374 e. The molecule has 0 atom stereocenters. The number of hydrogen-bond acceptors (Lipinski definition) is 4. The quantitative estimate of drug-likeness (QED) is 0.622. The molecule has 0 saturated carbocycles. The van der Waals surface area contributed by atoms with Crippen molar-refractivity contribution in [2.45, 2.75) is 20.0 Å². The number of rotatable bonds is 2. The number of carbonyl (C=O) groups excluding carboxylic acids is 1. The number of nitrogen functional groups attached to an aromatic ring is 1. The lowest BCUT2D eigenvalue weighted by Gasteiger charge is -2.04. The summed E-state index contributed by atoms with van der Waals surface area (Å²) in [4.78, 5) is 11.6. The molecule has 16 heavy (non-hydrogen) atoms. The summed E-state index contributed by atoms with van der Waals surface area (Å²) in [5, 5.41) is 0.838. The van der Waals surface area contributed by atoms with Crippen molar-refractivity contribution in [2.75, 3.05) is 5.73 Å². The summed E-state index contributed by atoms with van der Waals surface area (Å²) in [5.41, 5.74) is 6.81. The fourth-order valence-electron chi connectivity index (χ4n) is 1.42. The first-order chi connectivity index (χ1) is 7.56. The highest BCUT2D eigenvalue weighted by Gasteiger charge is 2.14. The van der Waals surface area contributed by atoms with Crippen LogP contribution < -0.4 is 5.73 Å². The van der Waals surface area contributed by atoms with E-state index < -0.39 is 5.97 Å². The third-order valence-corrected chi connectivity index (χ3v) is 2.09. The summed E-state index contributed by atoms with van der Waals surface area (Å²) in [7, 11) is 0. The van der Waals surface area contributed by atoms with Gasteiger partial charge in [0.2, 0.25) is 5.76 Å². The number of ether oxygens (including phenoxy) is 1. The Balaban J connectivity index is 2.36. The SMILES string of the molecule is CC(C)OC(=O)c1cc2ccc(N)cc2o1. The second-order valence-corrected chi connectivity index (χ2v) is 3.86. The van der Waals surface area contributed by atoms with Gasteiger partial charge in [0.05, 0.1) is 6.10 Å². The van der Waals surface area contributed by atoms with Crippen LogP contribution in [0.3, 0.4) is 0 Å². The summed E-state index contributed by atoms with van der Waals surface area (Å²) in [6.07, 6.45) is -0.161. The zero-order valence-corrected chi connectivity index (χ0v) is 9.19. The third kappa shape index (κ3) is 2.00. The molecule has 0 unspecified atom stereocenters. The van der Waals surface area contributed by atoms with E-state index in [4.69, 9.17) is 14.9 Å². The molecule has 84 valence electrons. The van der Waals surface area contributed by atoms with E-state index >= 15 is 0 Å². The second-order valence-electron chi connectivity index (χ2n) is 3.86. The van der Waals surface area contributed by atoms with Crippen LogP contribution in [0, 0.1) is 0 Å². The number of esters is 1. The Labute approximate surface area is 93.0 Å². The molecule has 2 N–H and O–H groups in total. The summed E-state index contributed by atoms with van der Waals surface area (Å²) >= 11 is 0. The van der Waals surface area contributed by atoms with E-state index in [1.807, 2.05) is 0 Å². The molecular formula is C12H13NO3. The van der Waals surface area contributed by atoms with E-state index in [1.165, 1.54) is 0 Å². The summed E-state index contributed by atoms with van der Waals surface area (Å²) in [5.74, 6) is -0.251. The number of nitrogens with two attached hydrogens (primary N) is 1. The van der Waals surface area contributed by atoms with Crippen molar-refractivity contribution in [2.24, 2.45) is 0 Å². The molecule has 2 aromatic rings. The molecule has 4 nitrogen and oxygen atoms in total. The topological polar surface area (TPSA) is 65.5 Å². The lowest BCUT2D eigenvalue weighted by atomic mass is 10.2. The van der Waals surface area contributed by atoms with Gasteiger partial charge in [-0.2, -0.15) is 0 Å². The Bertz CT molecular complexity index is 528. The Morgan fingerprint density at radius 1 is 1.38 bits per heavy atom. The Morgan fingerprint density at radius 3 is 2.81 bits per heavy atom. The van der Waals surface area contributed by atoms with Gasteiger partial charge in [0.25, 0.3) is 0 Å². The fourth-order valence-corrected chi connectivity index (χ4v) is 1.42. The number of hydrogen-bond donors (Lipinski definition) is 1. The van der Waals surface area contributed by atoms with E-state index in [0.717, 1.165) is 5.39 Å². The van der Waals surface area contributed by atoms with Gasteiger partial charge in [0.1, 0.15) is 5.58 Å². The van der Waals surface area contributed by atoms with E-state index in [0.29, 0.717) is 11.3 Å². The van der Waals surface area contributed by atoms with Crippen LogP contribution in [0.5, 0.6) is 0 Å². The van der Waals surface area contributed by atoms with E-state index in [1.54, 1.807) is 38.1 Å². The van der Waals surface area contributed by atoms with Crippen LogP contribution >= 0.6 is 0 Å². The molecule has 4 heteroatoms. The van der Waals surface area contributed by atoms with E-state index in [9.17, 15) is 4.79 Å². The van der Waals surface area contributed by atoms with Gasteiger partial charge in [-0.3, -0.25) is 0 Å². The minimum absolute atomic E-state index is 0.161. The molecule has 1 aromatic carbocycles. The first-order valence-electron chi connectivity index (χ1n) is 5.06. The zero-order valence-electron chi connectivity index (χ0n) is 9.19. The van der Waals surface area contributed by atoms with Gasteiger partial charge in [-0.25, -0.2) is 4.79 Å². The zero-order chi connectivity index (χ0) is 11.7. The molecule has 2 rings (SSSR count). The van der Waals surface area contributed by atoms with Gasteiger partial charge in [-0.1, -0.05) is 0 Å². The third-order valence-electron chi connectivity index (χ3n) is 2.09. The molecule has 0 spiro atoms. The predicted molar refractivity (Wildman–Crippen MR) is 61.2 cm³/mol. The smallest absolute Gasteiger partial charge is 0.374 e. The number of furan rings is 1. The van der Waals surface area contributed by atoms with Crippen molar-refractivity contribution in [3.05, 3.63) is 30.0 Å². The van der Waals surface area contributed by atoms with Crippen LogP contribution in [0.25, 0.3) is 11.0 Å². The number of anilines is 1. The Hall–Kier alpha value is -1.97. The summed E-state index contributed by atoms with van der Waals surface area (Å²) in [6, 6.07) is 6.90. The normalized spacial score (nSPS) is 10.9. The van der Waals surface area contributed by atoms with E-state index in [-0.39, 0.29) is 11.9 Å². The highest BCUT2D eigenvalue weighted by molar-refractivity contribution is 5.93. The van der Waals surface area contributed by atoms with Crippen LogP contribution in [0.2, 0.25) is 0 Å². The van der Waals surface area contributed by atoms with Gasteiger partial charge >= 0.3 is 5.97 Å². The first kappa shape index (κ1) is 10.5. The molecule has 0 fully saturated rings. The molecule has 0 saturated heterocycles. The maximum atomic E-state index is 11.6. The van der Waals surface area contributed by atoms with Crippen LogP contribution in [-0.2, 0) is 4.74 Å². The minimum Gasteiger partial charge on any atom is -0.457 e. The van der Waals surface area contributed by atoms with Crippen molar-refractivity contribution >= 4 is 22.6 Å². The number of fused-ring (bicyclic) bond motifs is 1. The minimum atomic E-state index is -0.454. The summed E-state index contributed by atoms with van der Waals surface area (Å²) in [6.45, 7) is 3.58. The molecule has 0 amide bonds. The van der Waals surface area contributed by atoms with Gasteiger partial charge in [0.15, 0.2) is 0 Å². The fraction of sp³-hybridized carbons (Fsp3) is 0.250. The molecule has 1 aromatic heterocycles. The molecule has 0 aliphatic rings. The van der Waals surface area contributed by atoms with Crippen LogP contribution in [0.4, 0.5) is 5.69 Å². The van der Waals surface area contributed by atoms with Gasteiger partial charge in [-0.05, 0) is 32.0 Å². The maximum absolute atomic E-state index is 11.6. The molecule has 1 heterocycles. The van der Waals surface area contributed by atoms with Crippen LogP contribution in [-0.4, -0.2) is 12.1 Å². The average Bonchev–Trinajstić information content (AvgIpc) is 2.59. The van der Waals surface area contributed by atoms with Gasteiger partial charge in [-0.15, -0.1) is 0 Å². The average molecular weight is 219 g/mol.